The summed E-state index contributed by atoms with van der Waals surface area (Å²) in [5.74, 6) is 0.929. The Hall–Kier alpha value is -3.46. The molecule has 0 unspecified atom stereocenters. The fraction of sp³-hybridized carbons (Fsp3) is 0.286. The van der Waals surface area contributed by atoms with Gasteiger partial charge in [-0.15, -0.1) is 0 Å². The van der Waals surface area contributed by atoms with Crippen molar-refractivity contribution in [2.24, 2.45) is 0 Å². The van der Waals surface area contributed by atoms with Gasteiger partial charge in [0, 0.05) is 36.6 Å². The van der Waals surface area contributed by atoms with Gasteiger partial charge in [0.05, 0.1) is 11.4 Å². The Labute approximate surface area is 174 Å². The van der Waals surface area contributed by atoms with E-state index >= 15 is 0 Å². The summed E-state index contributed by atoms with van der Waals surface area (Å²) in [5, 5.41) is 6.26. The summed E-state index contributed by atoms with van der Waals surface area (Å²) in [6.45, 7) is 3.42. The largest absolute Gasteiger partial charge is 0.407 e. The molecule has 8 nitrogen and oxygen atoms in total. The van der Waals surface area contributed by atoms with Crippen LogP contribution in [-0.4, -0.2) is 28.0 Å². The topological polar surface area (TPSA) is 110 Å². The summed E-state index contributed by atoms with van der Waals surface area (Å²) in [4.78, 5) is 18.2. The number of anilines is 4. The standard InChI is InChI=1S/C21H24FN7O/c1-13-11-26-21-28-17-10-15(12-25-19(17)22)14-5-6-18(16(23)9-14)30-27-8-4-2-3-7-24-20(13)29-21/h5-6,9-12,27H,2-4,7-8,23H2,1H3,(H2,24,26,28,29). The van der Waals surface area contributed by atoms with E-state index in [-0.39, 0.29) is 5.69 Å². The second kappa shape index (κ2) is 8.91. The van der Waals surface area contributed by atoms with Crippen molar-refractivity contribution >= 4 is 23.1 Å². The second-order valence-electron chi connectivity index (χ2n) is 7.15. The summed E-state index contributed by atoms with van der Waals surface area (Å²) >= 11 is 0. The Morgan fingerprint density at radius 3 is 2.77 bits per heavy atom. The predicted molar refractivity (Wildman–Crippen MR) is 115 cm³/mol. The lowest BCUT2D eigenvalue weighted by Gasteiger charge is -2.12. The first-order valence-electron chi connectivity index (χ1n) is 9.90. The average molecular weight is 409 g/mol. The van der Waals surface area contributed by atoms with E-state index in [1.165, 1.54) is 6.20 Å². The summed E-state index contributed by atoms with van der Waals surface area (Å²) in [6, 6.07) is 7.06. The van der Waals surface area contributed by atoms with E-state index in [1.54, 1.807) is 24.4 Å². The molecule has 5 N–H and O–H groups in total. The number of benzene rings is 1. The van der Waals surface area contributed by atoms with E-state index < -0.39 is 5.95 Å². The van der Waals surface area contributed by atoms with E-state index in [9.17, 15) is 4.39 Å². The van der Waals surface area contributed by atoms with Gasteiger partial charge >= 0.3 is 0 Å². The molecule has 9 heteroatoms. The predicted octanol–water partition coefficient (Wildman–Crippen LogP) is 3.79. The van der Waals surface area contributed by atoms with Crippen LogP contribution in [0.1, 0.15) is 24.8 Å². The zero-order valence-corrected chi connectivity index (χ0v) is 16.7. The Kier molecular flexibility index (Phi) is 5.89. The molecule has 3 aromatic rings. The highest BCUT2D eigenvalue weighted by molar-refractivity contribution is 5.73. The molecule has 156 valence electrons. The normalized spacial score (nSPS) is 14.5. The van der Waals surface area contributed by atoms with Crippen molar-refractivity contribution in [3.63, 3.8) is 0 Å². The number of nitrogens with two attached hydrogens (primary N) is 1. The third kappa shape index (κ3) is 4.57. The zero-order valence-electron chi connectivity index (χ0n) is 16.7. The number of hydrogen-bond donors (Lipinski definition) is 4. The molecule has 0 atom stereocenters. The van der Waals surface area contributed by atoms with E-state index in [4.69, 9.17) is 10.6 Å². The van der Waals surface area contributed by atoms with Crippen molar-refractivity contribution in [3.8, 4) is 16.9 Å². The Morgan fingerprint density at radius 1 is 1.03 bits per heavy atom. The third-order valence-electron chi connectivity index (χ3n) is 4.83. The van der Waals surface area contributed by atoms with Crippen LogP contribution in [0.25, 0.3) is 11.1 Å². The first kappa shape index (κ1) is 19.8. The van der Waals surface area contributed by atoms with Gasteiger partial charge in [0.2, 0.25) is 11.9 Å². The number of aromatic nitrogens is 3. The van der Waals surface area contributed by atoms with Crippen LogP contribution in [0.2, 0.25) is 0 Å². The molecule has 2 aliphatic rings. The first-order valence-corrected chi connectivity index (χ1v) is 9.90. The quantitative estimate of drug-likeness (QED) is 0.328. The van der Waals surface area contributed by atoms with E-state index in [0.717, 1.165) is 42.8 Å². The number of pyridine rings is 1. The first-order chi connectivity index (χ1) is 14.6. The minimum Gasteiger partial charge on any atom is -0.407 e. The fourth-order valence-corrected chi connectivity index (χ4v) is 3.15. The third-order valence-corrected chi connectivity index (χ3v) is 4.83. The summed E-state index contributed by atoms with van der Waals surface area (Å²) in [6.07, 6.45) is 6.13. The SMILES string of the molecule is Cc1cnc2nc1NCCCCCNOc1ccc(cc1N)-c1cnc(F)c(c1)N2. The molecule has 5 rings (SSSR count). The molecule has 0 radical (unpaired) electrons. The van der Waals surface area contributed by atoms with Crippen molar-refractivity contribution in [2.45, 2.75) is 26.2 Å². The lowest BCUT2D eigenvalue weighted by molar-refractivity contribution is 0.195. The summed E-state index contributed by atoms with van der Waals surface area (Å²) in [7, 11) is 0. The van der Waals surface area contributed by atoms with Gasteiger partial charge in [-0.1, -0.05) is 12.5 Å². The van der Waals surface area contributed by atoms with E-state index in [1.807, 2.05) is 13.0 Å². The molecule has 0 saturated carbocycles. The number of rotatable bonds is 0. The monoisotopic (exact) mass is 409 g/mol. The van der Waals surface area contributed by atoms with Crippen molar-refractivity contribution in [1.29, 1.82) is 0 Å². The molecule has 2 aromatic heterocycles. The molecular formula is C21H24FN7O. The van der Waals surface area contributed by atoms with Gasteiger partial charge in [-0.2, -0.15) is 14.9 Å². The summed E-state index contributed by atoms with van der Waals surface area (Å²) < 4.78 is 14.4. The average Bonchev–Trinajstić information content (AvgIpc) is 2.74. The molecular weight excluding hydrogens is 385 g/mol. The van der Waals surface area contributed by atoms with Crippen LogP contribution in [0.5, 0.6) is 5.75 Å². The van der Waals surface area contributed by atoms with Gasteiger partial charge in [0.1, 0.15) is 5.82 Å². The van der Waals surface area contributed by atoms with Crippen molar-refractivity contribution in [2.75, 3.05) is 29.5 Å². The van der Waals surface area contributed by atoms with E-state index in [2.05, 4.69) is 31.1 Å². The van der Waals surface area contributed by atoms with Gasteiger partial charge in [-0.25, -0.2) is 9.97 Å². The molecule has 0 saturated heterocycles. The van der Waals surface area contributed by atoms with Gasteiger partial charge < -0.3 is 21.2 Å². The Morgan fingerprint density at radius 2 is 1.90 bits per heavy atom. The Bertz CT molecular complexity index is 1040. The van der Waals surface area contributed by atoms with Crippen LogP contribution in [0.4, 0.5) is 27.5 Å². The second-order valence-corrected chi connectivity index (χ2v) is 7.15. The molecule has 0 aliphatic carbocycles. The summed E-state index contributed by atoms with van der Waals surface area (Å²) in [5.41, 5.74) is 12.2. The van der Waals surface area contributed by atoms with Gasteiger partial charge in [0.15, 0.2) is 5.75 Å². The molecule has 0 amide bonds. The van der Waals surface area contributed by atoms with E-state index in [0.29, 0.717) is 29.5 Å². The zero-order chi connectivity index (χ0) is 20.9. The highest BCUT2D eigenvalue weighted by Gasteiger charge is 2.12. The maximum Gasteiger partial charge on any atom is 0.236 e. The van der Waals surface area contributed by atoms with Crippen LogP contribution in [-0.2, 0) is 0 Å². The van der Waals surface area contributed by atoms with Gasteiger partial charge in [-0.3, -0.25) is 0 Å². The molecule has 30 heavy (non-hydrogen) atoms. The molecule has 6 bridgehead atoms. The number of aryl methyl sites for hydroxylation is 1. The lowest BCUT2D eigenvalue weighted by Crippen LogP contribution is -2.20. The number of fused-ring (bicyclic) bond motifs is 9. The number of halogens is 1. The van der Waals surface area contributed by atoms with Crippen LogP contribution < -0.4 is 26.7 Å². The van der Waals surface area contributed by atoms with Crippen molar-refractivity contribution in [3.05, 3.63) is 48.2 Å². The Balaban J connectivity index is 1.69. The number of nitrogens with zero attached hydrogens (tertiary/aromatic N) is 3. The van der Waals surface area contributed by atoms with Gasteiger partial charge in [0.25, 0.3) is 0 Å². The highest BCUT2D eigenvalue weighted by atomic mass is 19.1. The molecule has 4 heterocycles. The maximum absolute atomic E-state index is 14.4. The fourth-order valence-electron chi connectivity index (χ4n) is 3.15. The van der Waals surface area contributed by atoms with Gasteiger partial charge in [-0.05, 0) is 43.5 Å². The number of hydrogen-bond acceptors (Lipinski definition) is 8. The highest BCUT2D eigenvalue weighted by Crippen LogP contribution is 2.30. The molecule has 0 spiro atoms. The number of nitrogens with one attached hydrogen (secondary N) is 3. The molecule has 0 fully saturated rings. The number of hydroxylamine groups is 1. The van der Waals surface area contributed by atoms with Crippen molar-refractivity contribution < 1.29 is 9.23 Å². The maximum atomic E-state index is 14.4. The van der Waals surface area contributed by atoms with Crippen LogP contribution in [0, 0.1) is 12.9 Å². The van der Waals surface area contributed by atoms with Crippen LogP contribution in [0.3, 0.4) is 0 Å². The minimum absolute atomic E-state index is 0.181. The smallest absolute Gasteiger partial charge is 0.236 e. The molecule has 1 aromatic carbocycles. The van der Waals surface area contributed by atoms with Crippen LogP contribution in [0.15, 0.2) is 36.7 Å². The lowest BCUT2D eigenvalue weighted by atomic mass is 10.1. The van der Waals surface area contributed by atoms with Crippen LogP contribution >= 0.6 is 0 Å². The molecule has 2 aliphatic heterocycles. The number of nitrogen functional groups attached to an aromatic ring is 1. The minimum atomic E-state index is -0.638. The van der Waals surface area contributed by atoms with Crippen molar-refractivity contribution in [1.82, 2.24) is 20.4 Å².